The van der Waals surface area contributed by atoms with Gasteiger partial charge in [0.2, 0.25) is 0 Å². The van der Waals surface area contributed by atoms with Crippen LogP contribution in [-0.2, 0) is 15.4 Å². The third-order valence-corrected chi connectivity index (χ3v) is 10.4. The van der Waals surface area contributed by atoms with Crippen LogP contribution in [0.25, 0.3) is 0 Å². The van der Waals surface area contributed by atoms with Crippen molar-refractivity contribution in [3.05, 3.63) is 82.5 Å². The van der Waals surface area contributed by atoms with Crippen LogP contribution < -0.4 is 4.46 Å². The molecule has 1 saturated heterocycles. The topological polar surface area (TPSA) is 37.4 Å². The van der Waals surface area contributed by atoms with Gasteiger partial charge in [-0.2, -0.15) is 0 Å². The number of allylic oxidation sites excluding steroid dienone is 4. The second kappa shape index (κ2) is 8.61. The van der Waals surface area contributed by atoms with E-state index in [1.165, 1.54) is 8.93 Å². The van der Waals surface area contributed by atoms with Gasteiger partial charge in [-0.1, -0.05) is 0 Å². The number of rotatable bonds is 4. The summed E-state index contributed by atoms with van der Waals surface area (Å²) < 4.78 is 31.8. The molecule has 2 aliphatic rings. The Morgan fingerprint density at radius 2 is 1.61 bits per heavy atom. The Kier molecular flexibility index (Phi) is 6.22. The van der Waals surface area contributed by atoms with Crippen LogP contribution in [0, 0.1) is 5.92 Å². The standard InChI is InChI=1S/C26H31NO2SSe/c1-19-10-11-20-18-24(31-23-8-6-5-7-9-23)16-17-25(20)27(19)30(28,29)22-14-12-21(13-15-22)26(2,3)4/h5-9,12-17,19-20H,10-11,18H2,1-4H3. The SMILES string of the molecule is CC1CCC2CC([Se]c3ccccc3)=CC=C2N1S(=O)(=O)c1ccc(C(C)(C)C)cc1. The van der Waals surface area contributed by atoms with E-state index >= 15 is 0 Å². The van der Waals surface area contributed by atoms with Crippen molar-refractivity contribution in [3.63, 3.8) is 0 Å². The fraction of sp³-hybridized carbons (Fsp3) is 0.385. The molecule has 0 saturated carbocycles. The van der Waals surface area contributed by atoms with Gasteiger partial charge in [0.05, 0.1) is 0 Å². The van der Waals surface area contributed by atoms with Crippen LogP contribution >= 0.6 is 0 Å². The average Bonchev–Trinajstić information content (AvgIpc) is 2.74. The number of sulfonamides is 1. The summed E-state index contributed by atoms with van der Waals surface area (Å²) in [5.74, 6) is 0.283. The van der Waals surface area contributed by atoms with Crippen molar-refractivity contribution in [2.24, 2.45) is 5.92 Å². The quantitative estimate of drug-likeness (QED) is 0.556. The number of benzene rings is 2. The minimum atomic E-state index is -3.58. The molecule has 164 valence electrons. The molecule has 3 nitrogen and oxygen atoms in total. The monoisotopic (exact) mass is 501 g/mol. The molecule has 1 heterocycles. The number of hydrogen-bond donors (Lipinski definition) is 0. The van der Waals surface area contributed by atoms with Crippen LogP contribution in [0.15, 0.2) is 81.8 Å². The molecular weight excluding hydrogens is 469 g/mol. The first-order valence-corrected chi connectivity index (χ1v) is 14.1. The Hall–Kier alpha value is -1.81. The summed E-state index contributed by atoms with van der Waals surface area (Å²) in [6.07, 6.45) is 7.15. The van der Waals surface area contributed by atoms with Crippen molar-refractivity contribution in [2.75, 3.05) is 0 Å². The van der Waals surface area contributed by atoms with Gasteiger partial charge in [-0.3, -0.25) is 0 Å². The van der Waals surface area contributed by atoms with Crippen LogP contribution in [0.2, 0.25) is 0 Å². The maximum absolute atomic E-state index is 13.7. The first-order valence-electron chi connectivity index (χ1n) is 10.9. The van der Waals surface area contributed by atoms with Crippen molar-refractivity contribution in [1.29, 1.82) is 0 Å². The Labute approximate surface area is 193 Å². The molecule has 5 heteroatoms. The Balaban J connectivity index is 1.64. The van der Waals surface area contributed by atoms with E-state index in [0.29, 0.717) is 19.9 Å². The molecule has 0 radical (unpaired) electrons. The van der Waals surface area contributed by atoms with Gasteiger partial charge in [-0.05, 0) is 0 Å². The molecule has 0 N–H and O–H groups in total. The Bertz CT molecular complexity index is 1100. The van der Waals surface area contributed by atoms with Gasteiger partial charge >= 0.3 is 194 Å². The van der Waals surface area contributed by atoms with Crippen LogP contribution in [-0.4, -0.2) is 33.7 Å². The molecule has 4 rings (SSSR count). The second-order valence-corrected chi connectivity index (χ2v) is 13.9. The molecule has 0 aromatic heterocycles. The van der Waals surface area contributed by atoms with Gasteiger partial charge in [-0.15, -0.1) is 0 Å². The number of nitrogens with zero attached hydrogens (tertiary/aromatic N) is 1. The third kappa shape index (κ3) is 4.69. The average molecular weight is 501 g/mol. The van der Waals surface area contributed by atoms with Crippen LogP contribution in [0.3, 0.4) is 0 Å². The molecule has 31 heavy (non-hydrogen) atoms. The summed E-state index contributed by atoms with van der Waals surface area (Å²) >= 11 is 0.291. The first kappa shape index (κ1) is 22.4. The van der Waals surface area contributed by atoms with E-state index in [1.54, 1.807) is 16.4 Å². The summed E-state index contributed by atoms with van der Waals surface area (Å²) in [6, 6.07) is 18.0. The zero-order chi connectivity index (χ0) is 22.2. The Morgan fingerprint density at radius 3 is 2.26 bits per heavy atom. The fourth-order valence-corrected chi connectivity index (χ4v) is 8.29. The summed E-state index contributed by atoms with van der Waals surface area (Å²) in [5.41, 5.74) is 2.11. The molecule has 0 spiro atoms. The van der Waals surface area contributed by atoms with Gasteiger partial charge in [-0.25, -0.2) is 0 Å². The van der Waals surface area contributed by atoms with Crippen molar-refractivity contribution in [1.82, 2.24) is 4.31 Å². The molecular formula is C26H31NO2SSe. The molecule has 1 fully saturated rings. The summed E-state index contributed by atoms with van der Waals surface area (Å²) in [4.78, 5) is 0.386. The molecule has 2 unspecified atom stereocenters. The molecule has 0 amide bonds. The van der Waals surface area contributed by atoms with E-state index in [-0.39, 0.29) is 17.4 Å². The molecule has 2 atom stereocenters. The molecule has 0 bridgehead atoms. The van der Waals surface area contributed by atoms with Crippen LogP contribution in [0.5, 0.6) is 0 Å². The van der Waals surface area contributed by atoms with Gasteiger partial charge in [0.25, 0.3) is 0 Å². The van der Waals surface area contributed by atoms with E-state index < -0.39 is 10.0 Å². The third-order valence-electron chi connectivity index (χ3n) is 6.16. The predicted octanol–water partition coefficient (Wildman–Crippen LogP) is 4.97. The predicted molar refractivity (Wildman–Crippen MR) is 129 cm³/mol. The van der Waals surface area contributed by atoms with Crippen molar-refractivity contribution in [3.8, 4) is 0 Å². The number of fused-ring (bicyclic) bond motifs is 1. The first-order chi connectivity index (χ1) is 14.7. The fourth-order valence-electron chi connectivity index (χ4n) is 4.38. The summed E-state index contributed by atoms with van der Waals surface area (Å²) in [5, 5.41) is 0. The maximum atomic E-state index is 13.7. The van der Waals surface area contributed by atoms with Crippen LogP contribution in [0.4, 0.5) is 0 Å². The van der Waals surface area contributed by atoms with Gasteiger partial charge in [0, 0.05) is 0 Å². The summed E-state index contributed by atoms with van der Waals surface area (Å²) in [7, 11) is -3.58. The minimum absolute atomic E-state index is 0.000595. The van der Waals surface area contributed by atoms with E-state index in [4.69, 9.17) is 0 Å². The van der Waals surface area contributed by atoms with Gasteiger partial charge in [0.1, 0.15) is 0 Å². The number of piperidine rings is 1. The van der Waals surface area contributed by atoms with Gasteiger partial charge in [0.15, 0.2) is 0 Å². The van der Waals surface area contributed by atoms with Gasteiger partial charge < -0.3 is 0 Å². The Morgan fingerprint density at radius 1 is 0.935 bits per heavy atom. The summed E-state index contributed by atoms with van der Waals surface area (Å²) in [6.45, 7) is 8.45. The normalized spacial score (nSPS) is 21.9. The van der Waals surface area contributed by atoms with Crippen molar-refractivity contribution >= 4 is 29.4 Å². The second-order valence-electron chi connectivity index (χ2n) is 9.54. The molecule has 1 aliphatic carbocycles. The van der Waals surface area contributed by atoms with E-state index in [2.05, 4.69) is 57.2 Å². The van der Waals surface area contributed by atoms with Crippen LogP contribution in [0.1, 0.15) is 52.5 Å². The van der Waals surface area contributed by atoms with E-state index in [0.717, 1.165) is 30.5 Å². The number of hydrogen-bond acceptors (Lipinski definition) is 2. The van der Waals surface area contributed by atoms with E-state index in [9.17, 15) is 8.42 Å². The molecule has 1 aliphatic heterocycles. The van der Waals surface area contributed by atoms with Crippen molar-refractivity contribution < 1.29 is 8.42 Å². The zero-order valence-electron chi connectivity index (χ0n) is 18.7. The zero-order valence-corrected chi connectivity index (χ0v) is 21.2. The molecule has 2 aromatic carbocycles. The van der Waals surface area contributed by atoms with E-state index in [1.807, 2.05) is 25.1 Å². The van der Waals surface area contributed by atoms with Crippen molar-refractivity contribution in [2.45, 2.75) is 63.3 Å². The molecule has 2 aromatic rings.